The van der Waals surface area contributed by atoms with Crippen LogP contribution in [-0.2, 0) is 9.53 Å². The number of esters is 1. The summed E-state index contributed by atoms with van der Waals surface area (Å²) in [6.07, 6.45) is 22.9. The molecule has 0 bridgehead atoms. The zero-order valence-electron chi connectivity index (χ0n) is 18.2. The molecule has 0 spiro atoms. The molecule has 1 heterocycles. The second kappa shape index (κ2) is 16.5. The predicted octanol–water partition coefficient (Wildman–Crippen LogP) is 7.71. The number of hydrogen-bond donors (Lipinski definition) is 0. The van der Waals surface area contributed by atoms with E-state index in [0.717, 1.165) is 6.42 Å². The Morgan fingerprint density at radius 3 is 1.93 bits per heavy atom. The highest BCUT2D eigenvalue weighted by atomic mass is 32.2. The fourth-order valence-corrected chi connectivity index (χ4v) is 5.32. The van der Waals surface area contributed by atoms with E-state index in [1.54, 1.807) is 0 Å². The number of rotatable bonds is 16. The van der Waals surface area contributed by atoms with Gasteiger partial charge in [0.05, 0.1) is 6.61 Å². The van der Waals surface area contributed by atoms with Crippen LogP contribution in [0.5, 0.6) is 0 Å². The van der Waals surface area contributed by atoms with E-state index >= 15 is 0 Å². The molecule has 0 aromatic carbocycles. The van der Waals surface area contributed by atoms with Crippen molar-refractivity contribution in [3.05, 3.63) is 12.2 Å². The summed E-state index contributed by atoms with van der Waals surface area (Å²) < 4.78 is 5.40. The van der Waals surface area contributed by atoms with Crippen molar-refractivity contribution in [3.8, 4) is 0 Å². The van der Waals surface area contributed by atoms with Crippen LogP contribution in [0.15, 0.2) is 12.2 Å². The molecule has 3 atom stereocenters. The normalized spacial score (nSPS) is 22.1. The topological polar surface area (TPSA) is 26.3 Å². The molecule has 2 nitrogen and oxygen atoms in total. The molecule has 27 heavy (non-hydrogen) atoms. The van der Waals surface area contributed by atoms with Crippen LogP contribution >= 0.6 is 11.8 Å². The number of allylic oxidation sites excluding steroid dienone is 1. The van der Waals surface area contributed by atoms with Gasteiger partial charge in [0.1, 0.15) is 5.25 Å². The number of carbonyl (C=O) groups is 1. The van der Waals surface area contributed by atoms with Crippen LogP contribution in [0.1, 0.15) is 111 Å². The van der Waals surface area contributed by atoms with Crippen molar-refractivity contribution < 1.29 is 9.53 Å². The minimum absolute atomic E-state index is 0.00989. The summed E-state index contributed by atoms with van der Waals surface area (Å²) in [5.74, 6) is 0.372. The summed E-state index contributed by atoms with van der Waals surface area (Å²) in [4.78, 5) is 12.5. The van der Waals surface area contributed by atoms with Gasteiger partial charge < -0.3 is 4.74 Å². The minimum Gasteiger partial charge on any atom is -0.465 e. The Balaban J connectivity index is 2.39. The summed E-state index contributed by atoms with van der Waals surface area (Å²) in [6, 6.07) is 0. The quantitative estimate of drug-likeness (QED) is 0.152. The highest BCUT2D eigenvalue weighted by Crippen LogP contribution is 2.37. The number of unbranched alkanes of at least 4 members (excludes halogenated alkanes) is 10. The van der Waals surface area contributed by atoms with Crippen molar-refractivity contribution in [1.29, 1.82) is 0 Å². The third-order valence-corrected chi connectivity index (χ3v) is 7.11. The summed E-state index contributed by atoms with van der Waals surface area (Å²) >= 11 is 1.87. The van der Waals surface area contributed by atoms with Gasteiger partial charge in [0.25, 0.3) is 0 Å². The van der Waals surface area contributed by atoms with Crippen LogP contribution in [0.25, 0.3) is 0 Å². The fourth-order valence-electron chi connectivity index (χ4n) is 3.85. The first-order valence-electron chi connectivity index (χ1n) is 11.7. The van der Waals surface area contributed by atoms with E-state index in [0.29, 0.717) is 17.8 Å². The van der Waals surface area contributed by atoms with E-state index in [9.17, 15) is 4.79 Å². The second-order valence-electron chi connectivity index (χ2n) is 8.01. The van der Waals surface area contributed by atoms with Crippen molar-refractivity contribution in [2.45, 2.75) is 121 Å². The Kier molecular flexibility index (Phi) is 15.0. The van der Waals surface area contributed by atoms with Gasteiger partial charge in [-0.05, 0) is 25.7 Å². The van der Waals surface area contributed by atoms with Gasteiger partial charge in [-0.15, -0.1) is 11.8 Å². The fraction of sp³-hybridized carbons (Fsp3) is 0.875. The lowest BCUT2D eigenvalue weighted by atomic mass is 9.95. The highest BCUT2D eigenvalue weighted by molar-refractivity contribution is 8.01. The lowest BCUT2D eigenvalue weighted by Crippen LogP contribution is -2.32. The van der Waals surface area contributed by atoms with Gasteiger partial charge in [-0.2, -0.15) is 0 Å². The number of thioether (sulfide) groups is 1. The summed E-state index contributed by atoms with van der Waals surface area (Å²) in [6.45, 7) is 6.93. The monoisotopic (exact) mass is 396 g/mol. The van der Waals surface area contributed by atoms with Gasteiger partial charge in [-0.3, -0.25) is 4.79 Å². The van der Waals surface area contributed by atoms with Crippen LogP contribution < -0.4 is 0 Å². The van der Waals surface area contributed by atoms with Gasteiger partial charge in [0.15, 0.2) is 0 Å². The van der Waals surface area contributed by atoms with Gasteiger partial charge >= 0.3 is 5.97 Å². The molecule has 1 rings (SSSR count). The average molecular weight is 397 g/mol. The van der Waals surface area contributed by atoms with Crippen molar-refractivity contribution in [2.24, 2.45) is 5.92 Å². The van der Waals surface area contributed by atoms with Crippen molar-refractivity contribution in [3.63, 3.8) is 0 Å². The van der Waals surface area contributed by atoms with E-state index in [4.69, 9.17) is 4.74 Å². The lowest BCUT2D eigenvalue weighted by molar-refractivity contribution is -0.143. The standard InChI is InChI=1S/C24H44O2S/c1-4-7-9-11-13-15-17-21-19-20-22(18-16-14-12-10-8-5-2)27-23(21)24(25)26-6-3/h19-23H,4-18H2,1-3H3/t21-,22+,23+/m0/s1. The predicted molar refractivity (Wildman–Crippen MR) is 120 cm³/mol. The smallest absolute Gasteiger partial charge is 0.319 e. The molecule has 0 amide bonds. The molecular formula is C24H44O2S. The zero-order chi connectivity index (χ0) is 19.7. The van der Waals surface area contributed by atoms with Crippen LogP contribution in [0, 0.1) is 5.92 Å². The molecule has 0 N–H and O–H groups in total. The zero-order valence-corrected chi connectivity index (χ0v) is 19.0. The molecular weight excluding hydrogens is 352 g/mol. The van der Waals surface area contributed by atoms with Crippen molar-refractivity contribution in [2.75, 3.05) is 6.61 Å². The maximum atomic E-state index is 12.5. The molecule has 1 aliphatic heterocycles. The molecule has 1 aliphatic rings. The molecule has 0 aliphatic carbocycles. The largest absolute Gasteiger partial charge is 0.465 e. The maximum absolute atomic E-state index is 12.5. The molecule has 0 saturated carbocycles. The second-order valence-corrected chi connectivity index (χ2v) is 9.39. The summed E-state index contributed by atoms with van der Waals surface area (Å²) in [5.41, 5.74) is 0. The van der Waals surface area contributed by atoms with Gasteiger partial charge in [0.2, 0.25) is 0 Å². The molecule has 0 fully saturated rings. The molecule has 0 unspecified atom stereocenters. The average Bonchev–Trinajstić information content (AvgIpc) is 2.68. The first-order chi connectivity index (χ1) is 13.2. The van der Waals surface area contributed by atoms with Gasteiger partial charge in [-0.25, -0.2) is 0 Å². The van der Waals surface area contributed by atoms with Crippen molar-refractivity contribution >= 4 is 17.7 Å². The number of carbonyl (C=O) groups excluding carboxylic acids is 1. The third kappa shape index (κ3) is 11.2. The van der Waals surface area contributed by atoms with Crippen LogP contribution in [-0.4, -0.2) is 23.1 Å². The molecule has 0 aromatic heterocycles. The SMILES string of the molecule is CCCCCCCC[C@H]1C=C[C@@H](CCCCCCCC)S[C@H]1C(=O)OCC. The maximum Gasteiger partial charge on any atom is 0.319 e. The lowest BCUT2D eigenvalue weighted by Gasteiger charge is -2.30. The Morgan fingerprint density at radius 1 is 0.778 bits per heavy atom. The van der Waals surface area contributed by atoms with Gasteiger partial charge in [-0.1, -0.05) is 103 Å². The number of ether oxygens (including phenoxy) is 1. The first-order valence-corrected chi connectivity index (χ1v) is 12.7. The summed E-state index contributed by atoms with van der Waals surface area (Å²) in [7, 11) is 0. The Labute approximate surface area is 173 Å². The third-order valence-electron chi connectivity index (χ3n) is 5.54. The molecule has 0 aromatic rings. The first kappa shape index (κ1) is 24.6. The highest BCUT2D eigenvalue weighted by Gasteiger charge is 2.33. The Bertz CT molecular complexity index is 394. The van der Waals surface area contributed by atoms with E-state index in [2.05, 4.69) is 26.0 Å². The van der Waals surface area contributed by atoms with Crippen LogP contribution in [0.4, 0.5) is 0 Å². The van der Waals surface area contributed by atoms with Crippen LogP contribution in [0.2, 0.25) is 0 Å². The van der Waals surface area contributed by atoms with Gasteiger partial charge in [0, 0.05) is 5.25 Å². The minimum atomic E-state index is 0.00989. The molecule has 0 radical (unpaired) electrons. The Hall–Kier alpha value is -0.440. The molecule has 3 heteroatoms. The van der Waals surface area contributed by atoms with E-state index in [1.807, 2.05) is 18.7 Å². The summed E-state index contributed by atoms with van der Waals surface area (Å²) in [5, 5.41) is 0.502. The van der Waals surface area contributed by atoms with E-state index in [1.165, 1.54) is 83.5 Å². The molecule has 158 valence electrons. The van der Waals surface area contributed by atoms with Crippen molar-refractivity contribution in [1.82, 2.24) is 0 Å². The Morgan fingerprint density at radius 2 is 1.33 bits per heavy atom. The van der Waals surface area contributed by atoms with Crippen LogP contribution in [0.3, 0.4) is 0 Å². The molecule has 0 saturated heterocycles. The van der Waals surface area contributed by atoms with E-state index < -0.39 is 0 Å². The number of hydrogen-bond acceptors (Lipinski definition) is 3. The van der Waals surface area contributed by atoms with E-state index in [-0.39, 0.29) is 11.2 Å².